The van der Waals surface area contributed by atoms with Crippen LogP contribution in [0, 0.1) is 11.3 Å². The van der Waals surface area contributed by atoms with E-state index >= 15 is 0 Å². The molecule has 0 radical (unpaired) electrons. The van der Waals surface area contributed by atoms with Crippen LogP contribution >= 0.6 is 11.6 Å². The van der Waals surface area contributed by atoms with Crippen LogP contribution < -0.4 is 9.47 Å². The first kappa shape index (κ1) is 15.0. The molecule has 0 unspecified atom stereocenters. The molecular weight excluding hydrogens is 286 g/mol. The normalized spacial score (nSPS) is 11.3. The van der Waals surface area contributed by atoms with Gasteiger partial charge in [0.25, 0.3) is 0 Å². The third kappa shape index (κ3) is 3.36. The van der Waals surface area contributed by atoms with Crippen LogP contribution in [0.3, 0.4) is 0 Å². The molecular formula is C17H14ClNO2. The minimum atomic E-state index is 0.362. The van der Waals surface area contributed by atoms with Crippen LogP contribution in [0.15, 0.2) is 48.5 Å². The van der Waals surface area contributed by atoms with E-state index in [1.54, 1.807) is 32.4 Å². The molecule has 106 valence electrons. The second-order valence-electron chi connectivity index (χ2n) is 4.27. The van der Waals surface area contributed by atoms with Gasteiger partial charge in [-0.2, -0.15) is 5.26 Å². The molecule has 0 saturated heterocycles. The van der Waals surface area contributed by atoms with E-state index in [0.29, 0.717) is 27.7 Å². The summed E-state index contributed by atoms with van der Waals surface area (Å²) in [5.74, 6) is 1.24. The van der Waals surface area contributed by atoms with E-state index in [1.807, 2.05) is 30.3 Å². The highest BCUT2D eigenvalue weighted by Crippen LogP contribution is 2.33. The number of methoxy groups -OCH3 is 2. The maximum Gasteiger partial charge on any atom is 0.123 e. The van der Waals surface area contributed by atoms with Crippen LogP contribution in [0.4, 0.5) is 0 Å². The zero-order valence-electron chi connectivity index (χ0n) is 11.8. The Morgan fingerprint density at radius 3 is 2.00 bits per heavy atom. The molecule has 4 heteroatoms. The molecule has 2 aromatic rings. The third-order valence-electron chi connectivity index (χ3n) is 3.00. The number of benzene rings is 2. The summed E-state index contributed by atoms with van der Waals surface area (Å²) in [6, 6.07) is 16.8. The van der Waals surface area contributed by atoms with E-state index in [2.05, 4.69) is 6.07 Å². The van der Waals surface area contributed by atoms with Crippen molar-refractivity contribution >= 4 is 22.2 Å². The van der Waals surface area contributed by atoms with Gasteiger partial charge >= 0.3 is 0 Å². The van der Waals surface area contributed by atoms with Crippen molar-refractivity contribution in [3.63, 3.8) is 0 Å². The fourth-order valence-corrected chi connectivity index (χ4v) is 2.18. The van der Waals surface area contributed by atoms with Crippen molar-refractivity contribution < 1.29 is 9.47 Å². The molecule has 0 aliphatic carbocycles. The molecule has 0 heterocycles. The summed E-state index contributed by atoms with van der Waals surface area (Å²) in [6.45, 7) is 0. The van der Waals surface area contributed by atoms with Gasteiger partial charge in [-0.1, -0.05) is 41.9 Å². The fourth-order valence-electron chi connectivity index (χ4n) is 1.92. The Bertz CT molecular complexity index is 680. The molecule has 0 saturated carbocycles. The lowest BCUT2D eigenvalue weighted by atomic mass is 10.0. The molecule has 2 rings (SSSR count). The molecule has 0 aliphatic heterocycles. The van der Waals surface area contributed by atoms with Crippen LogP contribution in [-0.4, -0.2) is 14.2 Å². The number of nitrogens with zero attached hydrogens (tertiary/aromatic N) is 1. The second kappa shape index (κ2) is 6.83. The number of ether oxygens (including phenoxy) is 2. The van der Waals surface area contributed by atoms with Gasteiger partial charge in [0.05, 0.1) is 24.8 Å². The number of hydrogen-bond donors (Lipinski definition) is 0. The Balaban J connectivity index is 2.58. The summed E-state index contributed by atoms with van der Waals surface area (Å²) in [5, 5.41) is 9.77. The lowest BCUT2D eigenvalue weighted by molar-refractivity contribution is 0.394. The zero-order valence-corrected chi connectivity index (χ0v) is 12.5. The summed E-state index contributed by atoms with van der Waals surface area (Å²) < 4.78 is 10.4. The molecule has 0 N–H and O–H groups in total. The molecule has 3 nitrogen and oxygen atoms in total. The Labute approximate surface area is 129 Å². The van der Waals surface area contributed by atoms with Gasteiger partial charge in [0, 0.05) is 11.6 Å². The van der Waals surface area contributed by atoms with Crippen molar-refractivity contribution in [2.45, 2.75) is 0 Å². The Morgan fingerprint density at radius 1 is 0.952 bits per heavy atom. The molecule has 0 aromatic heterocycles. The first-order chi connectivity index (χ1) is 10.2. The fraction of sp³-hybridized carbons (Fsp3) is 0.118. The van der Waals surface area contributed by atoms with Gasteiger partial charge in [0.1, 0.15) is 17.6 Å². The summed E-state index contributed by atoms with van der Waals surface area (Å²) >= 11 is 6.41. The van der Waals surface area contributed by atoms with Gasteiger partial charge < -0.3 is 9.47 Å². The average molecular weight is 300 g/mol. The van der Waals surface area contributed by atoms with Crippen molar-refractivity contribution in [1.29, 1.82) is 5.26 Å². The van der Waals surface area contributed by atoms with Gasteiger partial charge in [0.15, 0.2) is 0 Å². The van der Waals surface area contributed by atoms with Crippen LogP contribution in [0.1, 0.15) is 11.1 Å². The molecule has 0 amide bonds. The largest absolute Gasteiger partial charge is 0.497 e. The molecule has 21 heavy (non-hydrogen) atoms. The number of hydrogen-bond acceptors (Lipinski definition) is 3. The number of rotatable bonds is 4. The van der Waals surface area contributed by atoms with Crippen molar-refractivity contribution in [1.82, 2.24) is 0 Å². The number of halogens is 1. The van der Waals surface area contributed by atoms with Gasteiger partial charge in [-0.25, -0.2) is 0 Å². The molecule has 0 aliphatic rings. The summed E-state index contributed by atoms with van der Waals surface area (Å²) in [5.41, 5.74) is 1.85. The Morgan fingerprint density at radius 2 is 1.52 bits per heavy atom. The standard InChI is InChI=1S/C17H14ClNO2/c1-20-14-8-13(9-15(10-14)21-2)17(18)16(11-19)12-6-4-3-5-7-12/h3-10H,1-2H3. The lowest BCUT2D eigenvalue weighted by Gasteiger charge is -2.09. The van der Waals surface area contributed by atoms with E-state index in [1.165, 1.54) is 0 Å². The predicted molar refractivity (Wildman–Crippen MR) is 84.3 cm³/mol. The highest BCUT2D eigenvalue weighted by atomic mass is 35.5. The third-order valence-corrected chi connectivity index (χ3v) is 3.41. The topological polar surface area (TPSA) is 42.2 Å². The first-order valence-corrected chi connectivity index (χ1v) is 6.66. The van der Waals surface area contributed by atoms with Crippen molar-refractivity contribution in [3.05, 3.63) is 59.7 Å². The first-order valence-electron chi connectivity index (χ1n) is 6.28. The molecule has 0 spiro atoms. The minimum Gasteiger partial charge on any atom is -0.497 e. The van der Waals surface area contributed by atoms with Crippen LogP contribution in [0.5, 0.6) is 11.5 Å². The maximum atomic E-state index is 9.41. The summed E-state index contributed by atoms with van der Waals surface area (Å²) in [4.78, 5) is 0. The van der Waals surface area contributed by atoms with E-state index in [0.717, 1.165) is 5.56 Å². The molecule has 0 atom stereocenters. The number of nitriles is 1. The highest BCUT2D eigenvalue weighted by molar-refractivity contribution is 6.53. The van der Waals surface area contributed by atoms with Gasteiger partial charge in [-0.3, -0.25) is 0 Å². The van der Waals surface area contributed by atoms with Gasteiger partial charge in [-0.15, -0.1) is 0 Å². The smallest absolute Gasteiger partial charge is 0.123 e. The van der Waals surface area contributed by atoms with Gasteiger partial charge in [0.2, 0.25) is 0 Å². The summed E-state index contributed by atoms with van der Waals surface area (Å²) in [6.07, 6.45) is 0. The van der Waals surface area contributed by atoms with Crippen molar-refractivity contribution in [3.8, 4) is 17.6 Å². The molecule has 2 aromatic carbocycles. The average Bonchev–Trinajstić information content (AvgIpc) is 2.55. The van der Waals surface area contributed by atoms with E-state index in [9.17, 15) is 5.26 Å². The monoisotopic (exact) mass is 299 g/mol. The Hall–Kier alpha value is -2.44. The predicted octanol–water partition coefficient (Wildman–Crippen LogP) is 4.33. The van der Waals surface area contributed by atoms with Crippen molar-refractivity contribution in [2.24, 2.45) is 0 Å². The van der Waals surface area contributed by atoms with Crippen LogP contribution in [0.2, 0.25) is 0 Å². The number of allylic oxidation sites excluding steroid dienone is 1. The van der Waals surface area contributed by atoms with Crippen LogP contribution in [0.25, 0.3) is 10.6 Å². The van der Waals surface area contributed by atoms with Gasteiger partial charge in [-0.05, 0) is 17.7 Å². The minimum absolute atomic E-state index is 0.362. The second-order valence-corrected chi connectivity index (χ2v) is 4.65. The van der Waals surface area contributed by atoms with Crippen LogP contribution in [-0.2, 0) is 0 Å². The SMILES string of the molecule is COc1cc(OC)cc(C(Cl)=C(C#N)c2ccccc2)c1. The van der Waals surface area contributed by atoms with Crippen molar-refractivity contribution in [2.75, 3.05) is 14.2 Å². The van der Waals surface area contributed by atoms with E-state index in [4.69, 9.17) is 21.1 Å². The molecule has 0 bridgehead atoms. The lowest BCUT2D eigenvalue weighted by Crippen LogP contribution is -1.91. The quantitative estimate of drug-likeness (QED) is 0.623. The Kier molecular flexibility index (Phi) is 4.86. The van der Waals surface area contributed by atoms with E-state index in [-0.39, 0.29) is 0 Å². The van der Waals surface area contributed by atoms with E-state index < -0.39 is 0 Å². The zero-order chi connectivity index (χ0) is 15.2. The maximum absolute atomic E-state index is 9.41. The highest BCUT2D eigenvalue weighted by Gasteiger charge is 2.12. The molecule has 0 fully saturated rings. The summed E-state index contributed by atoms with van der Waals surface area (Å²) in [7, 11) is 3.14.